The standard InChI is InChI=1S/C21H21Cl2N5O3/c1-10-2-3-12(23)8-15(10)25-19(30)14-9-16(29)26-18-17(14)20(31)28-21(27-18)24-13-6-4-11(22)5-7-13/h2-8,14,17-18,21,24,27H,9H2,1H3,(H,25,30)(H,26,29)(H,28,31). The van der Waals surface area contributed by atoms with Crippen LogP contribution in [0, 0.1) is 18.8 Å². The first-order valence-electron chi connectivity index (χ1n) is 9.75. The van der Waals surface area contributed by atoms with Crippen molar-refractivity contribution >= 4 is 52.3 Å². The lowest BCUT2D eigenvalue weighted by Crippen LogP contribution is -2.72. The molecule has 10 heteroatoms. The van der Waals surface area contributed by atoms with Gasteiger partial charge < -0.3 is 21.3 Å². The van der Waals surface area contributed by atoms with E-state index < -0.39 is 30.2 Å². The second kappa shape index (κ2) is 8.74. The van der Waals surface area contributed by atoms with E-state index in [9.17, 15) is 14.4 Å². The smallest absolute Gasteiger partial charge is 0.229 e. The third kappa shape index (κ3) is 4.76. The van der Waals surface area contributed by atoms with Gasteiger partial charge in [-0.25, -0.2) is 0 Å². The minimum Gasteiger partial charge on any atom is -0.353 e. The highest BCUT2D eigenvalue weighted by Gasteiger charge is 2.48. The maximum absolute atomic E-state index is 13.0. The van der Waals surface area contributed by atoms with E-state index in [1.165, 1.54) is 0 Å². The molecule has 4 unspecified atom stereocenters. The maximum atomic E-state index is 13.0. The molecule has 2 aromatic rings. The van der Waals surface area contributed by atoms with Crippen LogP contribution in [0.4, 0.5) is 11.4 Å². The topological polar surface area (TPSA) is 111 Å². The summed E-state index contributed by atoms with van der Waals surface area (Å²) in [4.78, 5) is 38.2. The normalized spacial score (nSPS) is 25.1. The molecule has 4 rings (SSSR count). The number of hydrogen-bond acceptors (Lipinski definition) is 5. The number of carbonyl (C=O) groups is 3. The van der Waals surface area contributed by atoms with Gasteiger partial charge in [-0.2, -0.15) is 0 Å². The average molecular weight is 462 g/mol. The summed E-state index contributed by atoms with van der Waals surface area (Å²) in [5.41, 5.74) is 2.10. The number of amides is 3. The highest BCUT2D eigenvalue weighted by Crippen LogP contribution is 2.29. The van der Waals surface area contributed by atoms with Gasteiger partial charge in [-0.05, 0) is 48.9 Å². The fourth-order valence-electron chi connectivity index (χ4n) is 3.82. The Morgan fingerprint density at radius 3 is 2.48 bits per heavy atom. The van der Waals surface area contributed by atoms with Crippen molar-refractivity contribution in [3.63, 3.8) is 0 Å². The van der Waals surface area contributed by atoms with Gasteiger partial charge in [0.05, 0.1) is 18.0 Å². The van der Waals surface area contributed by atoms with Crippen LogP contribution < -0.4 is 26.6 Å². The third-order valence-electron chi connectivity index (χ3n) is 5.40. The summed E-state index contributed by atoms with van der Waals surface area (Å²) in [5, 5.41) is 15.7. The molecule has 162 valence electrons. The zero-order valence-corrected chi connectivity index (χ0v) is 18.1. The lowest BCUT2D eigenvalue weighted by molar-refractivity contribution is -0.144. The zero-order valence-electron chi connectivity index (χ0n) is 16.5. The summed E-state index contributed by atoms with van der Waals surface area (Å²) in [6.45, 7) is 1.84. The van der Waals surface area contributed by atoms with E-state index in [1.807, 2.05) is 6.92 Å². The van der Waals surface area contributed by atoms with E-state index in [2.05, 4.69) is 26.6 Å². The van der Waals surface area contributed by atoms with Crippen molar-refractivity contribution in [1.82, 2.24) is 16.0 Å². The van der Waals surface area contributed by atoms with Crippen molar-refractivity contribution in [3.8, 4) is 0 Å². The van der Waals surface area contributed by atoms with Crippen molar-refractivity contribution in [1.29, 1.82) is 0 Å². The monoisotopic (exact) mass is 461 g/mol. The molecule has 0 radical (unpaired) electrons. The summed E-state index contributed by atoms with van der Waals surface area (Å²) >= 11 is 11.9. The summed E-state index contributed by atoms with van der Waals surface area (Å²) in [6.07, 6.45) is -1.42. The largest absolute Gasteiger partial charge is 0.353 e. The number of rotatable bonds is 4. The molecule has 31 heavy (non-hydrogen) atoms. The Bertz CT molecular complexity index is 1030. The lowest BCUT2D eigenvalue weighted by atomic mass is 9.81. The molecule has 0 aliphatic carbocycles. The van der Waals surface area contributed by atoms with Crippen molar-refractivity contribution < 1.29 is 14.4 Å². The molecule has 2 aliphatic rings. The lowest BCUT2D eigenvalue weighted by Gasteiger charge is -2.43. The first kappa shape index (κ1) is 21.4. The molecule has 0 bridgehead atoms. The van der Waals surface area contributed by atoms with Gasteiger partial charge in [0.1, 0.15) is 0 Å². The summed E-state index contributed by atoms with van der Waals surface area (Å²) in [7, 11) is 0. The molecule has 2 saturated heterocycles. The van der Waals surface area contributed by atoms with Crippen molar-refractivity contribution in [2.24, 2.45) is 11.8 Å². The van der Waals surface area contributed by atoms with Crippen LogP contribution in [0.15, 0.2) is 42.5 Å². The van der Waals surface area contributed by atoms with Gasteiger partial charge in [-0.3, -0.25) is 19.7 Å². The van der Waals surface area contributed by atoms with Crippen LogP contribution in [0.3, 0.4) is 0 Å². The maximum Gasteiger partial charge on any atom is 0.229 e. The van der Waals surface area contributed by atoms with Crippen LogP contribution in [0.5, 0.6) is 0 Å². The number of fused-ring (bicyclic) bond motifs is 1. The molecule has 0 spiro atoms. The van der Waals surface area contributed by atoms with Crippen molar-refractivity contribution in [3.05, 3.63) is 58.1 Å². The molecule has 8 nitrogen and oxygen atoms in total. The summed E-state index contributed by atoms with van der Waals surface area (Å²) in [6, 6.07) is 12.1. The van der Waals surface area contributed by atoms with Crippen LogP contribution in [0.2, 0.25) is 10.0 Å². The highest BCUT2D eigenvalue weighted by atomic mass is 35.5. The molecule has 0 aromatic heterocycles. The van der Waals surface area contributed by atoms with Crippen LogP contribution in [0.1, 0.15) is 12.0 Å². The van der Waals surface area contributed by atoms with Crippen LogP contribution in [-0.4, -0.2) is 30.2 Å². The number of halogens is 2. The van der Waals surface area contributed by atoms with Gasteiger partial charge in [0.25, 0.3) is 0 Å². The first-order chi connectivity index (χ1) is 14.8. The molecule has 2 aromatic carbocycles. The summed E-state index contributed by atoms with van der Waals surface area (Å²) in [5.74, 6) is -2.65. The number of benzene rings is 2. The number of anilines is 2. The number of carbonyl (C=O) groups excluding carboxylic acids is 3. The molecule has 2 heterocycles. The fourth-order valence-corrected chi connectivity index (χ4v) is 4.12. The Kier molecular flexibility index (Phi) is 6.04. The quantitative estimate of drug-likeness (QED) is 0.480. The Morgan fingerprint density at radius 1 is 1.03 bits per heavy atom. The minimum atomic E-state index is -0.832. The second-order valence-corrected chi connectivity index (χ2v) is 8.46. The van der Waals surface area contributed by atoms with Gasteiger partial charge in [-0.15, -0.1) is 0 Å². The molecule has 0 saturated carbocycles. The SMILES string of the molecule is Cc1ccc(Cl)cc1NC(=O)C1CC(=O)NC2NC(Nc3ccc(Cl)cc3)NC(=O)C21. The van der Waals surface area contributed by atoms with E-state index in [4.69, 9.17) is 23.2 Å². The number of piperidine rings is 1. The average Bonchev–Trinajstić information content (AvgIpc) is 2.71. The third-order valence-corrected chi connectivity index (χ3v) is 5.89. The highest BCUT2D eigenvalue weighted by molar-refractivity contribution is 6.31. The van der Waals surface area contributed by atoms with Gasteiger partial charge in [0, 0.05) is 27.8 Å². The van der Waals surface area contributed by atoms with Gasteiger partial charge in [0.2, 0.25) is 17.7 Å². The van der Waals surface area contributed by atoms with E-state index in [-0.39, 0.29) is 18.2 Å². The van der Waals surface area contributed by atoms with Crippen LogP contribution in [0.25, 0.3) is 0 Å². The van der Waals surface area contributed by atoms with E-state index in [0.29, 0.717) is 15.7 Å². The van der Waals surface area contributed by atoms with Gasteiger partial charge >= 0.3 is 0 Å². The predicted molar refractivity (Wildman–Crippen MR) is 118 cm³/mol. The fraction of sp³-hybridized carbons (Fsp3) is 0.286. The van der Waals surface area contributed by atoms with Gasteiger partial charge in [0.15, 0.2) is 6.29 Å². The number of hydrogen-bond donors (Lipinski definition) is 5. The van der Waals surface area contributed by atoms with Crippen LogP contribution >= 0.6 is 23.2 Å². The first-order valence-corrected chi connectivity index (χ1v) is 10.5. The molecule has 2 fully saturated rings. The summed E-state index contributed by atoms with van der Waals surface area (Å²) < 4.78 is 0. The number of aryl methyl sites for hydroxylation is 1. The minimum absolute atomic E-state index is 0.0863. The molecule has 4 atom stereocenters. The Hall–Kier alpha value is -2.81. The molecular weight excluding hydrogens is 441 g/mol. The Balaban J connectivity index is 1.49. The molecule has 5 N–H and O–H groups in total. The predicted octanol–water partition coefficient (Wildman–Crippen LogP) is 2.43. The second-order valence-electron chi connectivity index (χ2n) is 7.59. The van der Waals surface area contributed by atoms with Crippen molar-refractivity contribution in [2.75, 3.05) is 10.6 Å². The van der Waals surface area contributed by atoms with E-state index in [0.717, 1.165) is 11.3 Å². The zero-order chi connectivity index (χ0) is 22.1. The van der Waals surface area contributed by atoms with E-state index >= 15 is 0 Å². The molecule has 2 aliphatic heterocycles. The van der Waals surface area contributed by atoms with Crippen LogP contribution in [-0.2, 0) is 14.4 Å². The van der Waals surface area contributed by atoms with Gasteiger partial charge in [-0.1, -0.05) is 29.3 Å². The van der Waals surface area contributed by atoms with E-state index in [1.54, 1.807) is 42.5 Å². The molecule has 3 amide bonds. The van der Waals surface area contributed by atoms with Crippen molar-refractivity contribution in [2.45, 2.75) is 25.8 Å². The Labute approximate surface area is 189 Å². The molecular formula is C21H21Cl2N5O3. The number of nitrogens with one attached hydrogen (secondary N) is 5. The Morgan fingerprint density at radius 2 is 1.74 bits per heavy atom.